The number of hydrogen-bond donors (Lipinski definition) is 2. The molecule has 2 aliphatic rings. The van der Waals surface area contributed by atoms with Gasteiger partial charge >= 0.3 is 5.97 Å². The number of carbonyl (C=O) groups is 2. The Kier molecular flexibility index (Phi) is 9.63. The molecule has 8 nitrogen and oxygen atoms in total. The largest absolute Gasteiger partial charge is 0.493 e. The van der Waals surface area contributed by atoms with E-state index in [1.807, 2.05) is 37.3 Å². The number of ether oxygens (including phenoxy) is 1. The summed E-state index contributed by atoms with van der Waals surface area (Å²) in [7, 11) is 0. The second-order valence-electron chi connectivity index (χ2n) is 11.3. The standard InChI is InChI=1S/C32H41N3O5/c1-4-5-6-11-28(36)35-18-16-23-13-14-25(20-26(23)30(35)29(31(37)38)32(2,3)33)39-19-17-24-21-40-27(34-24)15-12-22-9-7-8-10-22/h4-6,11-15,20-22,29-30H,7-10,16-19,33H2,1-3H3,(H,37,38). The van der Waals surface area contributed by atoms with Gasteiger partial charge in [-0.1, -0.05) is 43.2 Å². The summed E-state index contributed by atoms with van der Waals surface area (Å²) < 4.78 is 11.7. The van der Waals surface area contributed by atoms with Crippen molar-refractivity contribution in [3.8, 4) is 5.75 Å². The Hall–Kier alpha value is -3.65. The van der Waals surface area contributed by atoms with Gasteiger partial charge in [0.25, 0.3) is 0 Å². The van der Waals surface area contributed by atoms with Crippen LogP contribution >= 0.6 is 0 Å². The average molecular weight is 548 g/mol. The Balaban J connectivity index is 1.51. The van der Waals surface area contributed by atoms with Crippen molar-refractivity contribution >= 4 is 18.0 Å². The number of nitrogens with two attached hydrogens (primary N) is 1. The molecule has 40 heavy (non-hydrogen) atoms. The molecule has 1 saturated carbocycles. The molecule has 1 aliphatic heterocycles. The van der Waals surface area contributed by atoms with Gasteiger partial charge in [0.2, 0.25) is 11.8 Å². The lowest BCUT2D eigenvalue weighted by Crippen LogP contribution is -2.54. The molecule has 4 rings (SSSR count). The second-order valence-corrected chi connectivity index (χ2v) is 11.3. The molecule has 8 heteroatoms. The van der Waals surface area contributed by atoms with E-state index < -0.39 is 23.5 Å². The highest BCUT2D eigenvalue weighted by atomic mass is 16.5. The molecule has 1 aliphatic carbocycles. The van der Waals surface area contributed by atoms with Gasteiger partial charge in [0.15, 0.2) is 0 Å². The van der Waals surface area contributed by atoms with E-state index >= 15 is 0 Å². The van der Waals surface area contributed by atoms with Crippen LogP contribution in [0.15, 0.2) is 59.3 Å². The van der Waals surface area contributed by atoms with Crippen molar-refractivity contribution in [2.75, 3.05) is 13.2 Å². The fraction of sp³-hybridized carbons (Fsp3) is 0.469. The summed E-state index contributed by atoms with van der Waals surface area (Å²) in [6, 6.07) is 4.97. The summed E-state index contributed by atoms with van der Waals surface area (Å²) in [5.74, 6) is -0.489. The maximum atomic E-state index is 13.2. The summed E-state index contributed by atoms with van der Waals surface area (Å²) in [4.78, 5) is 31.9. The summed E-state index contributed by atoms with van der Waals surface area (Å²) in [6.45, 7) is 6.02. The smallest absolute Gasteiger partial charge is 0.310 e. The van der Waals surface area contributed by atoms with Crippen molar-refractivity contribution in [1.82, 2.24) is 9.88 Å². The molecule has 0 bridgehead atoms. The lowest BCUT2D eigenvalue weighted by molar-refractivity contribution is -0.149. The van der Waals surface area contributed by atoms with Crippen LogP contribution in [0.1, 0.15) is 75.2 Å². The number of oxazole rings is 1. The van der Waals surface area contributed by atoms with Crippen molar-refractivity contribution in [3.05, 3.63) is 77.6 Å². The minimum atomic E-state index is -1.08. The number of benzene rings is 1. The number of nitrogens with zero attached hydrogens (tertiary/aromatic N) is 2. The second kappa shape index (κ2) is 13.1. The highest BCUT2D eigenvalue weighted by Crippen LogP contribution is 2.41. The van der Waals surface area contributed by atoms with Crippen molar-refractivity contribution in [2.45, 2.75) is 70.9 Å². The number of rotatable bonds is 11. The maximum absolute atomic E-state index is 13.2. The normalized spacial score (nSPS) is 19.1. The summed E-state index contributed by atoms with van der Waals surface area (Å²) in [5.41, 5.74) is 7.87. The number of carboxylic acids is 1. The van der Waals surface area contributed by atoms with E-state index in [0.29, 0.717) is 43.6 Å². The fourth-order valence-electron chi connectivity index (χ4n) is 5.68. The highest BCUT2D eigenvalue weighted by molar-refractivity contribution is 5.89. The molecular formula is C32H41N3O5. The topological polar surface area (TPSA) is 119 Å². The third-order valence-electron chi connectivity index (χ3n) is 7.71. The van der Waals surface area contributed by atoms with Crippen LogP contribution in [0.4, 0.5) is 0 Å². The third kappa shape index (κ3) is 7.30. The van der Waals surface area contributed by atoms with Gasteiger partial charge in [0.1, 0.15) is 12.0 Å². The molecule has 0 saturated heterocycles. The van der Waals surface area contributed by atoms with Gasteiger partial charge in [-0.15, -0.1) is 0 Å². The van der Waals surface area contributed by atoms with Crippen LogP contribution in [0.25, 0.3) is 6.08 Å². The summed E-state index contributed by atoms with van der Waals surface area (Å²) in [6.07, 6.45) is 18.8. The SMILES string of the molecule is CC=CC=CC(=O)N1CCc2ccc(OCCc3coc(C=CC4CCCC4)n3)cc2C1C(C(=O)O)C(C)(C)N. The Morgan fingerprint density at radius 1 is 1.27 bits per heavy atom. The Morgan fingerprint density at radius 3 is 2.75 bits per heavy atom. The molecule has 2 heterocycles. The number of carbonyl (C=O) groups excluding carboxylic acids is 1. The molecule has 2 aromatic rings. The average Bonchev–Trinajstić information content (AvgIpc) is 3.59. The number of allylic oxidation sites excluding steroid dienone is 4. The highest BCUT2D eigenvalue weighted by Gasteiger charge is 2.45. The molecule has 2 atom stereocenters. The number of fused-ring (bicyclic) bond motifs is 1. The van der Waals surface area contributed by atoms with Crippen molar-refractivity contribution in [1.29, 1.82) is 0 Å². The van der Waals surface area contributed by atoms with Gasteiger partial charge < -0.3 is 24.9 Å². The van der Waals surface area contributed by atoms with Crippen LogP contribution in [0, 0.1) is 11.8 Å². The number of aromatic nitrogens is 1. The van der Waals surface area contributed by atoms with Crippen LogP contribution in [0.5, 0.6) is 5.75 Å². The van der Waals surface area contributed by atoms with E-state index in [-0.39, 0.29) is 5.91 Å². The molecule has 2 unspecified atom stereocenters. The summed E-state index contributed by atoms with van der Waals surface area (Å²) in [5, 5.41) is 10.2. The first-order valence-electron chi connectivity index (χ1n) is 14.2. The zero-order valence-corrected chi connectivity index (χ0v) is 23.7. The first-order chi connectivity index (χ1) is 19.2. The summed E-state index contributed by atoms with van der Waals surface area (Å²) >= 11 is 0. The Bertz CT molecular complexity index is 1260. The molecule has 0 spiro atoms. The van der Waals surface area contributed by atoms with Gasteiger partial charge in [0, 0.05) is 24.6 Å². The van der Waals surface area contributed by atoms with Crippen LogP contribution in [-0.2, 0) is 22.4 Å². The van der Waals surface area contributed by atoms with Crippen molar-refractivity contribution < 1.29 is 23.8 Å². The first-order valence-corrected chi connectivity index (χ1v) is 14.2. The Morgan fingerprint density at radius 2 is 2.05 bits per heavy atom. The molecular weight excluding hydrogens is 506 g/mol. The van der Waals surface area contributed by atoms with Gasteiger partial charge in [-0.05, 0) is 75.3 Å². The number of amides is 1. The van der Waals surface area contributed by atoms with E-state index in [1.54, 1.807) is 37.2 Å². The molecule has 1 fully saturated rings. The van der Waals surface area contributed by atoms with Crippen molar-refractivity contribution in [3.63, 3.8) is 0 Å². The maximum Gasteiger partial charge on any atom is 0.310 e. The lowest BCUT2D eigenvalue weighted by atomic mass is 9.75. The van der Waals surface area contributed by atoms with Gasteiger partial charge in [-0.2, -0.15) is 0 Å². The molecule has 1 aromatic carbocycles. The van der Waals surface area contributed by atoms with E-state index in [0.717, 1.165) is 16.8 Å². The fourth-order valence-corrected chi connectivity index (χ4v) is 5.68. The molecule has 0 radical (unpaired) electrons. The predicted octanol–water partition coefficient (Wildman–Crippen LogP) is 5.50. The first kappa shape index (κ1) is 29.3. The predicted molar refractivity (Wildman–Crippen MR) is 155 cm³/mol. The van der Waals surface area contributed by atoms with Gasteiger partial charge in [-0.25, -0.2) is 4.98 Å². The molecule has 3 N–H and O–H groups in total. The van der Waals surface area contributed by atoms with Crippen LogP contribution in [0.2, 0.25) is 0 Å². The number of carboxylic acid groups (broad SMARTS) is 1. The molecule has 214 valence electrons. The molecule has 1 aromatic heterocycles. The minimum absolute atomic E-state index is 0.251. The number of hydrogen-bond acceptors (Lipinski definition) is 6. The van der Waals surface area contributed by atoms with Crippen molar-refractivity contribution in [2.24, 2.45) is 17.6 Å². The molecule has 1 amide bonds. The quantitative estimate of drug-likeness (QED) is 0.282. The van der Waals surface area contributed by atoms with Crippen LogP contribution in [0.3, 0.4) is 0 Å². The van der Waals surface area contributed by atoms with E-state index in [1.165, 1.54) is 31.8 Å². The van der Waals surface area contributed by atoms with Crippen LogP contribution < -0.4 is 10.5 Å². The zero-order valence-electron chi connectivity index (χ0n) is 23.7. The van der Waals surface area contributed by atoms with Gasteiger partial charge in [0.05, 0.1) is 24.3 Å². The zero-order chi connectivity index (χ0) is 28.7. The monoisotopic (exact) mass is 547 g/mol. The van der Waals surface area contributed by atoms with Crippen LogP contribution in [-0.4, -0.2) is 45.6 Å². The minimum Gasteiger partial charge on any atom is -0.493 e. The third-order valence-corrected chi connectivity index (χ3v) is 7.71. The van der Waals surface area contributed by atoms with E-state index in [2.05, 4.69) is 11.1 Å². The van der Waals surface area contributed by atoms with Gasteiger partial charge in [-0.3, -0.25) is 9.59 Å². The number of aliphatic carboxylic acids is 1. The van der Waals surface area contributed by atoms with E-state index in [4.69, 9.17) is 14.9 Å². The lowest BCUT2D eigenvalue weighted by Gasteiger charge is -2.44. The van der Waals surface area contributed by atoms with E-state index in [9.17, 15) is 14.7 Å². The Labute approximate surface area is 236 Å².